The molecule has 4 heteroatoms. The molecule has 1 N–H and O–H groups in total. The van der Waals surface area contributed by atoms with Crippen LogP contribution in [0.25, 0.3) is 0 Å². The van der Waals surface area contributed by atoms with Gasteiger partial charge in [0, 0.05) is 19.0 Å². The van der Waals surface area contributed by atoms with Crippen molar-refractivity contribution in [1.29, 1.82) is 0 Å². The second-order valence-corrected chi connectivity index (χ2v) is 5.95. The van der Waals surface area contributed by atoms with Gasteiger partial charge in [-0.25, -0.2) is 0 Å². The summed E-state index contributed by atoms with van der Waals surface area (Å²) in [7, 11) is 0. The molecule has 0 aromatic heterocycles. The van der Waals surface area contributed by atoms with Crippen LogP contribution in [0, 0.1) is 5.92 Å². The Morgan fingerprint density at radius 1 is 1.26 bits per heavy atom. The summed E-state index contributed by atoms with van der Waals surface area (Å²) >= 11 is 0. The third kappa shape index (κ3) is 3.28. The van der Waals surface area contributed by atoms with Gasteiger partial charge in [0.05, 0.1) is 0 Å². The van der Waals surface area contributed by atoms with Crippen LogP contribution in [0.2, 0.25) is 0 Å². The summed E-state index contributed by atoms with van der Waals surface area (Å²) in [5, 5.41) is 2.84. The highest BCUT2D eigenvalue weighted by Crippen LogP contribution is 2.29. The number of carbonyl (C=O) groups is 2. The first kappa shape index (κ1) is 14.4. The van der Waals surface area contributed by atoms with Crippen LogP contribution in [0.3, 0.4) is 0 Å². The van der Waals surface area contributed by atoms with Crippen molar-refractivity contribution in [3.05, 3.63) is 0 Å². The number of hydrogen-bond acceptors (Lipinski definition) is 2. The quantitative estimate of drug-likeness (QED) is 0.850. The number of carbonyl (C=O) groups excluding carboxylic acids is 2. The smallest absolute Gasteiger partial charge is 0.245 e. The second kappa shape index (κ2) is 6.40. The Kier molecular flexibility index (Phi) is 4.83. The van der Waals surface area contributed by atoms with Gasteiger partial charge in [-0.05, 0) is 32.1 Å². The van der Waals surface area contributed by atoms with E-state index in [9.17, 15) is 9.59 Å². The highest BCUT2D eigenvalue weighted by atomic mass is 16.2. The lowest BCUT2D eigenvalue weighted by atomic mass is 9.83. The minimum atomic E-state index is -0.318. The van der Waals surface area contributed by atoms with Crippen molar-refractivity contribution >= 4 is 11.8 Å². The molecule has 0 aromatic carbocycles. The van der Waals surface area contributed by atoms with Gasteiger partial charge in [-0.15, -0.1) is 0 Å². The molecule has 2 amide bonds. The van der Waals surface area contributed by atoms with Gasteiger partial charge in [0.25, 0.3) is 0 Å². The molecule has 2 atom stereocenters. The van der Waals surface area contributed by atoms with Crippen LogP contribution in [-0.4, -0.2) is 35.3 Å². The van der Waals surface area contributed by atoms with Gasteiger partial charge >= 0.3 is 0 Å². The standard InChI is InChI=1S/C15H26N2O2/c1-3-13-15(19)17(10-9-14(18)16-13)11(2)12-7-5-4-6-8-12/h11-13H,3-10H2,1-2H3,(H,16,18). The van der Waals surface area contributed by atoms with Gasteiger partial charge in [0.15, 0.2) is 0 Å². The van der Waals surface area contributed by atoms with Gasteiger partial charge in [0.2, 0.25) is 11.8 Å². The fourth-order valence-corrected chi connectivity index (χ4v) is 3.41. The van der Waals surface area contributed by atoms with Crippen molar-refractivity contribution < 1.29 is 9.59 Å². The summed E-state index contributed by atoms with van der Waals surface area (Å²) in [6.07, 6.45) is 7.47. The fraction of sp³-hybridized carbons (Fsp3) is 0.867. The molecule has 2 unspecified atom stereocenters. The Morgan fingerprint density at radius 3 is 2.58 bits per heavy atom. The van der Waals surface area contributed by atoms with E-state index in [0.717, 1.165) is 0 Å². The van der Waals surface area contributed by atoms with E-state index >= 15 is 0 Å². The van der Waals surface area contributed by atoms with E-state index in [-0.39, 0.29) is 23.9 Å². The Bertz CT molecular complexity index is 337. The van der Waals surface area contributed by atoms with E-state index in [1.807, 2.05) is 11.8 Å². The molecule has 2 aliphatic rings. The minimum Gasteiger partial charge on any atom is -0.344 e. The number of amides is 2. The summed E-state index contributed by atoms with van der Waals surface area (Å²) in [6.45, 7) is 4.70. The molecular formula is C15H26N2O2. The second-order valence-electron chi connectivity index (χ2n) is 5.95. The van der Waals surface area contributed by atoms with E-state index < -0.39 is 0 Å². The fourth-order valence-electron chi connectivity index (χ4n) is 3.41. The maximum atomic E-state index is 12.5. The monoisotopic (exact) mass is 266 g/mol. The number of rotatable bonds is 3. The molecule has 4 nitrogen and oxygen atoms in total. The first-order valence-electron chi connectivity index (χ1n) is 7.73. The molecule has 1 saturated heterocycles. The molecule has 19 heavy (non-hydrogen) atoms. The first-order chi connectivity index (χ1) is 9.13. The van der Waals surface area contributed by atoms with Crippen molar-refractivity contribution in [2.75, 3.05) is 6.54 Å². The molecule has 2 fully saturated rings. The van der Waals surface area contributed by atoms with Gasteiger partial charge in [-0.3, -0.25) is 9.59 Å². The molecule has 108 valence electrons. The van der Waals surface area contributed by atoms with Crippen molar-refractivity contribution in [1.82, 2.24) is 10.2 Å². The van der Waals surface area contributed by atoms with Crippen molar-refractivity contribution in [2.24, 2.45) is 5.92 Å². The summed E-state index contributed by atoms with van der Waals surface area (Å²) < 4.78 is 0. The molecule has 1 heterocycles. The Balaban J connectivity index is 2.07. The normalized spacial score (nSPS) is 27.9. The lowest BCUT2D eigenvalue weighted by Crippen LogP contribution is -2.49. The van der Waals surface area contributed by atoms with Gasteiger partial charge in [-0.2, -0.15) is 0 Å². The third-order valence-corrected chi connectivity index (χ3v) is 4.73. The summed E-state index contributed by atoms with van der Waals surface area (Å²) in [6, 6.07) is -0.0457. The summed E-state index contributed by atoms with van der Waals surface area (Å²) in [5.41, 5.74) is 0. The molecule has 1 aliphatic heterocycles. The average Bonchev–Trinajstić information content (AvgIpc) is 2.58. The van der Waals surface area contributed by atoms with Crippen LogP contribution in [-0.2, 0) is 9.59 Å². The largest absolute Gasteiger partial charge is 0.344 e. The number of nitrogens with zero attached hydrogens (tertiary/aromatic N) is 1. The van der Waals surface area contributed by atoms with E-state index in [0.29, 0.717) is 25.3 Å². The van der Waals surface area contributed by atoms with Crippen LogP contribution in [0.15, 0.2) is 0 Å². The van der Waals surface area contributed by atoms with Crippen molar-refractivity contribution in [2.45, 2.75) is 70.9 Å². The lowest BCUT2D eigenvalue weighted by Gasteiger charge is -2.37. The van der Waals surface area contributed by atoms with Crippen molar-refractivity contribution in [3.63, 3.8) is 0 Å². The highest BCUT2D eigenvalue weighted by Gasteiger charge is 2.34. The average molecular weight is 266 g/mol. The van der Waals surface area contributed by atoms with Gasteiger partial charge < -0.3 is 10.2 Å². The maximum Gasteiger partial charge on any atom is 0.245 e. The zero-order valence-corrected chi connectivity index (χ0v) is 12.2. The highest BCUT2D eigenvalue weighted by molar-refractivity contribution is 5.90. The zero-order valence-electron chi connectivity index (χ0n) is 12.2. The van der Waals surface area contributed by atoms with E-state index in [4.69, 9.17) is 0 Å². The van der Waals surface area contributed by atoms with Gasteiger partial charge in [-0.1, -0.05) is 26.2 Å². The topological polar surface area (TPSA) is 49.4 Å². The van der Waals surface area contributed by atoms with Crippen LogP contribution >= 0.6 is 0 Å². The summed E-state index contributed by atoms with van der Waals surface area (Å²) in [5.74, 6) is 0.744. The summed E-state index contributed by atoms with van der Waals surface area (Å²) in [4.78, 5) is 26.1. The minimum absolute atomic E-state index is 0.0125. The van der Waals surface area contributed by atoms with Crippen LogP contribution in [0.4, 0.5) is 0 Å². The first-order valence-corrected chi connectivity index (χ1v) is 7.73. The lowest BCUT2D eigenvalue weighted by molar-refractivity contribution is -0.136. The van der Waals surface area contributed by atoms with Crippen LogP contribution in [0.1, 0.15) is 58.8 Å². The number of hydrogen-bond donors (Lipinski definition) is 1. The predicted octanol–water partition coefficient (Wildman–Crippen LogP) is 2.08. The molecule has 0 spiro atoms. The number of nitrogens with one attached hydrogen (secondary N) is 1. The van der Waals surface area contributed by atoms with Crippen LogP contribution < -0.4 is 5.32 Å². The van der Waals surface area contributed by atoms with Crippen molar-refractivity contribution in [3.8, 4) is 0 Å². The molecule has 0 aromatic rings. The molecule has 1 aliphatic carbocycles. The van der Waals surface area contributed by atoms with E-state index in [1.54, 1.807) is 0 Å². The maximum absolute atomic E-state index is 12.5. The third-order valence-electron chi connectivity index (χ3n) is 4.73. The molecule has 2 rings (SSSR count). The molecule has 0 radical (unpaired) electrons. The Morgan fingerprint density at radius 2 is 1.95 bits per heavy atom. The zero-order chi connectivity index (χ0) is 13.8. The molecule has 1 saturated carbocycles. The Labute approximate surface area is 115 Å². The molecule has 0 bridgehead atoms. The predicted molar refractivity (Wildman–Crippen MR) is 74.6 cm³/mol. The SMILES string of the molecule is CCC1NC(=O)CCN(C(C)C2CCCCC2)C1=O. The van der Waals surface area contributed by atoms with Gasteiger partial charge in [0.1, 0.15) is 6.04 Å². The van der Waals surface area contributed by atoms with Crippen LogP contribution in [0.5, 0.6) is 0 Å². The Hall–Kier alpha value is -1.06. The van der Waals surface area contributed by atoms with E-state index in [2.05, 4.69) is 12.2 Å². The molecular weight excluding hydrogens is 240 g/mol. The van der Waals surface area contributed by atoms with E-state index in [1.165, 1.54) is 32.1 Å².